The van der Waals surface area contributed by atoms with E-state index in [0.717, 1.165) is 23.2 Å². The lowest BCUT2D eigenvalue weighted by Crippen LogP contribution is -2.27. The summed E-state index contributed by atoms with van der Waals surface area (Å²) in [6.07, 6.45) is 1.27. The molecule has 1 aliphatic heterocycles. The van der Waals surface area contributed by atoms with Crippen LogP contribution >= 0.6 is 11.6 Å². The van der Waals surface area contributed by atoms with Gasteiger partial charge in [-0.05, 0) is 44.1 Å². The summed E-state index contributed by atoms with van der Waals surface area (Å²) in [5, 5.41) is 0.735. The van der Waals surface area contributed by atoms with Crippen LogP contribution in [-0.2, 0) is 0 Å². The van der Waals surface area contributed by atoms with Crippen LogP contribution in [0.2, 0.25) is 5.02 Å². The largest absolute Gasteiger partial charge is 0.399 e. The molecule has 0 spiro atoms. The highest BCUT2D eigenvalue weighted by Gasteiger charge is 2.21. The fraction of sp³-hybridized carbons (Fsp3) is 0.538. The van der Waals surface area contributed by atoms with Crippen LogP contribution < -0.4 is 10.6 Å². The van der Waals surface area contributed by atoms with Crippen LogP contribution in [0.1, 0.15) is 6.42 Å². The van der Waals surface area contributed by atoms with Crippen molar-refractivity contribution in [3.05, 3.63) is 23.2 Å². The second-order valence-corrected chi connectivity index (χ2v) is 5.42. The summed E-state index contributed by atoms with van der Waals surface area (Å²) >= 11 is 6.21. The van der Waals surface area contributed by atoms with E-state index in [-0.39, 0.29) is 0 Å². The van der Waals surface area contributed by atoms with E-state index in [9.17, 15) is 0 Å². The zero-order valence-corrected chi connectivity index (χ0v) is 11.2. The fourth-order valence-electron chi connectivity index (χ4n) is 2.49. The molecule has 3 nitrogen and oxygen atoms in total. The van der Waals surface area contributed by atoms with Gasteiger partial charge in [-0.3, -0.25) is 0 Å². The van der Waals surface area contributed by atoms with Crippen LogP contribution in [0.15, 0.2) is 18.2 Å². The van der Waals surface area contributed by atoms with E-state index in [1.54, 1.807) is 0 Å². The number of halogens is 1. The second kappa shape index (κ2) is 5.15. The molecule has 17 heavy (non-hydrogen) atoms. The average Bonchev–Trinajstić information content (AvgIpc) is 2.63. The summed E-state index contributed by atoms with van der Waals surface area (Å²) < 4.78 is 0. The lowest BCUT2D eigenvalue weighted by atomic mass is 10.1. The third-order valence-corrected chi connectivity index (χ3v) is 3.71. The van der Waals surface area contributed by atoms with Crippen molar-refractivity contribution >= 4 is 23.0 Å². The van der Waals surface area contributed by atoms with Gasteiger partial charge < -0.3 is 15.5 Å². The van der Waals surface area contributed by atoms with E-state index < -0.39 is 0 Å². The van der Waals surface area contributed by atoms with Crippen LogP contribution in [0.25, 0.3) is 0 Å². The first kappa shape index (κ1) is 12.5. The van der Waals surface area contributed by atoms with Gasteiger partial charge in [0, 0.05) is 25.8 Å². The molecule has 1 aromatic rings. The fourth-order valence-corrected chi connectivity index (χ4v) is 2.83. The molecule has 1 aromatic carbocycles. The van der Waals surface area contributed by atoms with E-state index in [4.69, 9.17) is 17.3 Å². The Bertz CT molecular complexity index is 394. The van der Waals surface area contributed by atoms with Gasteiger partial charge in [-0.25, -0.2) is 0 Å². The minimum Gasteiger partial charge on any atom is -0.399 e. The maximum Gasteiger partial charge on any atom is 0.0659 e. The standard InChI is InChI=1S/C13H20ClN3/c1-16-6-5-10(8-16)9-17(2)13-4-3-11(15)7-12(13)14/h3-4,7,10H,5-6,8-9,15H2,1-2H3. The molecule has 1 saturated heterocycles. The zero-order valence-electron chi connectivity index (χ0n) is 10.5. The zero-order chi connectivity index (χ0) is 12.4. The van der Waals surface area contributed by atoms with Crippen molar-refractivity contribution in [1.82, 2.24) is 4.90 Å². The maximum atomic E-state index is 6.21. The van der Waals surface area contributed by atoms with Crippen LogP contribution in [0, 0.1) is 5.92 Å². The van der Waals surface area contributed by atoms with Gasteiger partial charge in [0.2, 0.25) is 0 Å². The van der Waals surface area contributed by atoms with E-state index >= 15 is 0 Å². The molecule has 0 bridgehead atoms. The first-order valence-electron chi connectivity index (χ1n) is 6.01. The average molecular weight is 254 g/mol. The predicted molar refractivity (Wildman–Crippen MR) is 74.7 cm³/mol. The van der Waals surface area contributed by atoms with Crippen molar-refractivity contribution in [2.24, 2.45) is 5.92 Å². The summed E-state index contributed by atoms with van der Waals surface area (Å²) in [7, 11) is 4.27. The lowest BCUT2D eigenvalue weighted by molar-refractivity contribution is 0.396. The van der Waals surface area contributed by atoms with Gasteiger partial charge in [-0.2, -0.15) is 0 Å². The molecular formula is C13H20ClN3. The molecular weight excluding hydrogens is 234 g/mol. The van der Waals surface area contributed by atoms with Gasteiger partial charge in [0.25, 0.3) is 0 Å². The van der Waals surface area contributed by atoms with Crippen molar-refractivity contribution in [2.45, 2.75) is 6.42 Å². The van der Waals surface area contributed by atoms with Crippen molar-refractivity contribution in [3.8, 4) is 0 Å². The Balaban J connectivity index is 2.01. The SMILES string of the molecule is CN1CCC(CN(C)c2ccc(N)cc2Cl)C1. The van der Waals surface area contributed by atoms with Gasteiger partial charge in [0.15, 0.2) is 0 Å². The highest BCUT2D eigenvalue weighted by atomic mass is 35.5. The number of nitrogen functional groups attached to an aromatic ring is 1. The van der Waals surface area contributed by atoms with Crippen molar-refractivity contribution < 1.29 is 0 Å². The molecule has 0 aromatic heterocycles. The molecule has 0 radical (unpaired) electrons. The summed E-state index contributed by atoms with van der Waals surface area (Å²) in [5.74, 6) is 0.735. The molecule has 2 N–H and O–H groups in total. The van der Waals surface area contributed by atoms with Gasteiger partial charge in [-0.15, -0.1) is 0 Å². The molecule has 0 amide bonds. The van der Waals surface area contributed by atoms with Crippen molar-refractivity contribution in [1.29, 1.82) is 0 Å². The van der Waals surface area contributed by atoms with E-state index in [0.29, 0.717) is 5.69 Å². The summed E-state index contributed by atoms with van der Waals surface area (Å²) in [6.45, 7) is 3.43. The summed E-state index contributed by atoms with van der Waals surface area (Å²) in [5.41, 5.74) is 7.48. The van der Waals surface area contributed by atoms with Crippen LogP contribution in [0.3, 0.4) is 0 Å². The van der Waals surface area contributed by atoms with Gasteiger partial charge in [0.1, 0.15) is 0 Å². The molecule has 1 heterocycles. The predicted octanol–water partition coefficient (Wildman–Crippen LogP) is 2.31. The third kappa shape index (κ3) is 3.05. The monoisotopic (exact) mass is 253 g/mol. The topological polar surface area (TPSA) is 32.5 Å². The highest BCUT2D eigenvalue weighted by Crippen LogP contribution is 2.28. The lowest BCUT2D eigenvalue weighted by Gasteiger charge is -2.24. The molecule has 94 valence electrons. The number of hydrogen-bond donors (Lipinski definition) is 1. The third-order valence-electron chi connectivity index (χ3n) is 3.40. The molecule has 2 rings (SSSR count). The minimum absolute atomic E-state index is 0.716. The number of anilines is 2. The Morgan fingerprint density at radius 3 is 2.88 bits per heavy atom. The van der Waals surface area contributed by atoms with Crippen LogP contribution in [0.5, 0.6) is 0 Å². The van der Waals surface area contributed by atoms with Crippen molar-refractivity contribution in [2.75, 3.05) is 44.4 Å². The normalized spacial score (nSPS) is 20.8. The minimum atomic E-state index is 0.716. The van der Waals surface area contributed by atoms with E-state index in [1.165, 1.54) is 19.5 Å². The molecule has 1 aliphatic rings. The molecule has 0 saturated carbocycles. The Morgan fingerprint density at radius 2 is 2.29 bits per heavy atom. The first-order valence-corrected chi connectivity index (χ1v) is 6.39. The smallest absolute Gasteiger partial charge is 0.0659 e. The number of hydrogen-bond acceptors (Lipinski definition) is 3. The number of nitrogens with two attached hydrogens (primary N) is 1. The Kier molecular flexibility index (Phi) is 3.79. The van der Waals surface area contributed by atoms with Gasteiger partial charge >= 0.3 is 0 Å². The molecule has 4 heteroatoms. The summed E-state index contributed by atoms with van der Waals surface area (Å²) in [6, 6.07) is 5.71. The second-order valence-electron chi connectivity index (χ2n) is 5.01. The molecule has 0 aliphatic carbocycles. The number of rotatable bonds is 3. The quantitative estimate of drug-likeness (QED) is 0.840. The molecule has 1 atom stereocenters. The number of benzene rings is 1. The van der Waals surface area contributed by atoms with Gasteiger partial charge in [-0.1, -0.05) is 11.6 Å². The Morgan fingerprint density at radius 1 is 1.53 bits per heavy atom. The highest BCUT2D eigenvalue weighted by molar-refractivity contribution is 6.33. The van der Waals surface area contributed by atoms with E-state index in [1.807, 2.05) is 18.2 Å². The maximum absolute atomic E-state index is 6.21. The van der Waals surface area contributed by atoms with E-state index in [2.05, 4.69) is 23.9 Å². The molecule has 1 unspecified atom stereocenters. The molecule has 1 fully saturated rings. The first-order chi connectivity index (χ1) is 8.06. The van der Waals surface area contributed by atoms with Crippen molar-refractivity contribution in [3.63, 3.8) is 0 Å². The summed E-state index contributed by atoms with van der Waals surface area (Å²) in [4.78, 5) is 4.61. The number of nitrogens with zero attached hydrogens (tertiary/aromatic N) is 2. The number of likely N-dealkylation sites (tertiary alicyclic amines) is 1. The van der Waals surface area contributed by atoms with Crippen LogP contribution in [-0.4, -0.2) is 38.6 Å². The van der Waals surface area contributed by atoms with Gasteiger partial charge in [0.05, 0.1) is 10.7 Å². The van der Waals surface area contributed by atoms with Crippen LogP contribution in [0.4, 0.5) is 11.4 Å². The Labute approximate surface area is 108 Å². The Hall–Kier alpha value is -0.930.